The molecule has 2 aliphatic rings. The summed E-state index contributed by atoms with van der Waals surface area (Å²) in [6.07, 6.45) is 7.81. The highest BCUT2D eigenvalue weighted by atomic mass is 16.5. The van der Waals surface area contributed by atoms with Crippen molar-refractivity contribution >= 4 is 5.91 Å². The molecule has 0 bridgehead atoms. The normalized spacial score (nSPS) is 25.9. The van der Waals surface area contributed by atoms with E-state index in [1.807, 2.05) is 4.90 Å². The number of pyridine rings is 1. The fourth-order valence-corrected chi connectivity index (χ4v) is 3.38. The van der Waals surface area contributed by atoms with E-state index in [1.165, 1.54) is 12.8 Å². The second-order valence-corrected chi connectivity index (χ2v) is 5.49. The third-order valence-electron chi connectivity index (χ3n) is 4.36. The summed E-state index contributed by atoms with van der Waals surface area (Å²) in [5, 5.41) is 3.53. The molecule has 5 nitrogen and oxygen atoms in total. The largest absolute Gasteiger partial charge is 0.494 e. The number of carbonyl (C=O) groups is 1. The van der Waals surface area contributed by atoms with Gasteiger partial charge in [0, 0.05) is 24.8 Å². The van der Waals surface area contributed by atoms with Crippen LogP contribution in [0.1, 0.15) is 36.0 Å². The van der Waals surface area contributed by atoms with Crippen molar-refractivity contribution in [3.63, 3.8) is 0 Å². The molecule has 5 heteroatoms. The first-order valence-corrected chi connectivity index (χ1v) is 7.33. The van der Waals surface area contributed by atoms with Crippen LogP contribution in [0.25, 0.3) is 0 Å². The SMILES string of the molecule is COc1cnccc1C(=O)N1CCCC1C1CCCN1. The Bertz CT molecular complexity index is 486. The molecule has 1 N–H and O–H groups in total. The molecule has 108 valence electrons. The standard InChI is InChI=1S/C15H21N3O2/c1-20-14-10-16-8-6-11(14)15(19)18-9-3-5-13(18)12-4-2-7-17-12/h6,8,10,12-13,17H,2-5,7,9H2,1H3. The van der Waals surface area contributed by atoms with E-state index in [2.05, 4.69) is 10.3 Å². The molecule has 3 rings (SSSR count). The topological polar surface area (TPSA) is 54.5 Å². The third kappa shape index (κ3) is 2.38. The number of nitrogens with one attached hydrogen (secondary N) is 1. The Morgan fingerprint density at radius 2 is 2.35 bits per heavy atom. The fraction of sp³-hybridized carbons (Fsp3) is 0.600. The first kappa shape index (κ1) is 13.4. The van der Waals surface area contributed by atoms with E-state index in [1.54, 1.807) is 25.6 Å². The van der Waals surface area contributed by atoms with Gasteiger partial charge in [-0.25, -0.2) is 0 Å². The van der Waals surface area contributed by atoms with Crippen LogP contribution in [0.2, 0.25) is 0 Å². The van der Waals surface area contributed by atoms with Crippen LogP contribution < -0.4 is 10.1 Å². The van der Waals surface area contributed by atoms with Crippen molar-refractivity contribution in [3.8, 4) is 5.75 Å². The quantitative estimate of drug-likeness (QED) is 0.907. The van der Waals surface area contributed by atoms with Gasteiger partial charge in [0.2, 0.25) is 0 Å². The smallest absolute Gasteiger partial charge is 0.258 e. The molecule has 20 heavy (non-hydrogen) atoms. The van der Waals surface area contributed by atoms with Crippen LogP contribution in [0.4, 0.5) is 0 Å². The van der Waals surface area contributed by atoms with E-state index in [-0.39, 0.29) is 5.91 Å². The summed E-state index contributed by atoms with van der Waals surface area (Å²) in [7, 11) is 1.58. The van der Waals surface area contributed by atoms with Crippen molar-refractivity contribution in [2.24, 2.45) is 0 Å². The van der Waals surface area contributed by atoms with Crippen LogP contribution in [-0.2, 0) is 0 Å². The number of amides is 1. The van der Waals surface area contributed by atoms with Gasteiger partial charge in [0.25, 0.3) is 5.91 Å². The molecule has 1 amide bonds. The minimum absolute atomic E-state index is 0.0699. The fourth-order valence-electron chi connectivity index (χ4n) is 3.38. The maximum absolute atomic E-state index is 12.8. The monoisotopic (exact) mass is 275 g/mol. The number of methoxy groups -OCH3 is 1. The van der Waals surface area contributed by atoms with Crippen molar-refractivity contribution in [1.29, 1.82) is 0 Å². The first-order valence-electron chi connectivity index (χ1n) is 7.33. The number of hydrogen-bond acceptors (Lipinski definition) is 4. The Hall–Kier alpha value is -1.62. The van der Waals surface area contributed by atoms with Gasteiger partial charge < -0.3 is 15.0 Å². The Kier molecular flexibility index (Phi) is 3.87. The number of aromatic nitrogens is 1. The lowest BCUT2D eigenvalue weighted by molar-refractivity contribution is 0.0708. The summed E-state index contributed by atoms with van der Waals surface area (Å²) < 4.78 is 5.26. The first-order chi connectivity index (χ1) is 9.81. The lowest BCUT2D eigenvalue weighted by Gasteiger charge is -2.30. The van der Waals surface area contributed by atoms with Crippen LogP contribution in [0.3, 0.4) is 0 Å². The van der Waals surface area contributed by atoms with Crippen LogP contribution in [-0.4, -0.2) is 48.1 Å². The molecular weight excluding hydrogens is 254 g/mol. The Morgan fingerprint density at radius 1 is 1.45 bits per heavy atom. The molecule has 2 unspecified atom stereocenters. The average molecular weight is 275 g/mol. The van der Waals surface area contributed by atoms with Gasteiger partial charge in [-0.2, -0.15) is 0 Å². The Labute approximate surface area is 119 Å². The number of carbonyl (C=O) groups excluding carboxylic acids is 1. The summed E-state index contributed by atoms with van der Waals surface area (Å²) in [5.74, 6) is 0.628. The van der Waals surface area contributed by atoms with Crippen LogP contribution in [0, 0.1) is 0 Å². The van der Waals surface area contributed by atoms with Crippen LogP contribution in [0.15, 0.2) is 18.5 Å². The molecular formula is C15H21N3O2. The summed E-state index contributed by atoms with van der Waals surface area (Å²) >= 11 is 0. The van der Waals surface area contributed by atoms with E-state index in [9.17, 15) is 4.79 Å². The zero-order valence-electron chi connectivity index (χ0n) is 11.8. The summed E-state index contributed by atoms with van der Waals surface area (Å²) in [5.41, 5.74) is 0.618. The zero-order chi connectivity index (χ0) is 13.9. The van der Waals surface area contributed by atoms with E-state index >= 15 is 0 Å². The zero-order valence-corrected chi connectivity index (χ0v) is 11.8. The minimum atomic E-state index is 0.0699. The predicted octanol–water partition coefficient (Wildman–Crippen LogP) is 1.45. The van der Waals surface area contributed by atoms with Crippen molar-refractivity contribution in [3.05, 3.63) is 24.0 Å². The molecule has 0 saturated carbocycles. The van der Waals surface area contributed by atoms with Gasteiger partial charge in [-0.15, -0.1) is 0 Å². The van der Waals surface area contributed by atoms with Crippen LogP contribution in [0.5, 0.6) is 5.75 Å². The maximum Gasteiger partial charge on any atom is 0.258 e. The molecule has 2 saturated heterocycles. The highest BCUT2D eigenvalue weighted by Crippen LogP contribution is 2.28. The maximum atomic E-state index is 12.8. The lowest BCUT2D eigenvalue weighted by Crippen LogP contribution is -2.46. The van der Waals surface area contributed by atoms with Crippen molar-refractivity contribution in [2.75, 3.05) is 20.2 Å². The summed E-state index contributed by atoms with van der Waals surface area (Å²) in [6, 6.07) is 2.52. The Morgan fingerprint density at radius 3 is 3.10 bits per heavy atom. The number of ether oxygens (including phenoxy) is 1. The molecule has 1 aromatic rings. The summed E-state index contributed by atoms with van der Waals surface area (Å²) in [4.78, 5) is 18.8. The van der Waals surface area contributed by atoms with Gasteiger partial charge in [0.05, 0.1) is 18.9 Å². The van der Waals surface area contributed by atoms with E-state index < -0.39 is 0 Å². The van der Waals surface area contributed by atoms with Crippen molar-refractivity contribution < 1.29 is 9.53 Å². The van der Waals surface area contributed by atoms with E-state index in [0.717, 1.165) is 25.9 Å². The van der Waals surface area contributed by atoms with Crippen molar-refractivity contribution in [1.82, 2.24) is 15.2 Å². The van der Waals surface area contributed by atoms with Crippen LogP contribution >= 0.6 is 0 Å². The van der Waals surface area contributed by atoms with Gasteiger partial charge >= 0.3 is 0 Å². The third-order valence-corrected chi connectivity index (χ3v) is 4.36. The van der Waals surface area contributed by atoms with E-state index in [0.29, 0.717) is 23.4 Å². The predicted molar refractivity (Wildman–Crippen MR) is 75.9 cm³/mol. The molecule has 1 aromatic heterocycles. The minimum Gasteiger partial charge on any atom is -0.494 e. The molecule has 0 aliphatic carbocycles. The number of nitrogens with zero attached hydrogens (tertiary/aromatic N) is 2. The highest BCUT2D eigenvalue weighted by molar-refractivity contribution is 5.97. The van der Waals surface area contributed by atoms with E-state index in [4.69, 9.17) is 4.74 Å². The second-order valence-electron chi connectivity index (χ2n) is 5.49. The van der Waals surface area contributed by atoms with Crippen molar-refractivity contribution in [2.45, 2.75) is 37.8 Å². The van der Waals surface area contributed by atoms with Gasteiger partial charge in [0.1, 0.15) is 5.75 Å². The highest BCUT2D eigenvalue weighted by Gasteiger charge is 2.36. The van der Waals surface area contributed by atoms with Gasteiger partial charge in [0.15, 0.2) is 0 Å². The second kappa shape index (κ2) is 5.79. The number of hydrogen-bond donors (Lipinski definition) is 1. The molecule has 0 radical (unpaired) electrons. The number of likely N-dealkylation sites (tertiary alicyclic amines) is 1. The number of rotatable bonds is 3. The van der Waals surface area contributed by atoms with Gasteiger partial charge in [-0.05, 0) is 38.3 Å². The average Bonchev–Trinajstić information content (AvgIpc) is 3.16. The molecule has 2 aliphatic heterocycles. The molecule has 2 fully saturated rings. The summed E-state index contributed by atoms with van der Waals surface area (Å²) in [6.45, 7) is 1.91. The molecule has 0 aromatic carbocycles. The van der Waals surface area contributed by atoms with Gasteiger partial charge in [-0.1, -0.05) is 0 Å². The molecule has 0 spiro atoms. The lowest BCUT2D eigenvalue weighted by atomic mass is 10.0. The Balaban J connectivity index is 1.81. The van der Waals surface area contributed by atoms with Gasteiger partial charge in [-0.3, -0.25) is 9.78 Å². The molecule has 3 heterocycles. The molecule has 2 atom stereocenters.